The SMILES string of the molecule is Cc1cccc(NCCCC(=O)N/N=C/c2ccc(OCc3ccc(F)cc3)o2)c1. The molecule has 2 N–H and O–H groups in total. The van der Waals surface area contributed by atoms with Crippen LogP contribution in [0.5, 0.6) is 5.95 Å². The smallest absolute Gasteiger partial charge is 0.285 e. The van der Waals surface area contributed by atoms with Crippen LogP contribution in [0.3, 0.4) is 0 Å². The van der Waals surface area contributed by atoms with Crippen LogP contribution in [0.2, 0.25) is 0 Å². The van der Waals surface area contributed by atoms with Gasteiger partial charge in [0.25, 0.3) is 5.95 Å². The number of carbonyl (C=O) groups excluding carboxylic acids is 1. The van der Waals surface area contributed by atoms with Crippen LogP contribution in [0.15, 0.2) is 70.2 Å². The van der Waals surface area contributed by atoms with Crippen LogP contribution >= 0.6 is 0 Å². The molecule has 2 aromatic carbocycles. The molecule has 1 heterocycles. The molecule has 0 spiro atoms. The maximum Gasteiger partial charge on any atom is 0.285 e. The maximum absolute atomic E-state index is 12.9. The number of nitrogens with one attached hydrogen (secondary N) is 2. The first-order valence-corrected chi connectivity index (χ1v) is 9.68. The van der Waals surface area contributed by atoms with E-state index in [0.29, 0.717) is 31.1 Å². The van der Waals surface area contributed by atoms with E-state index in [1.165, 1.54) is 23.9 Å². The van der Waals surface area contributed by atoms with Gasteiger partial charge in [-0.1, -0.05) is 24.3 Å². The normalized spacial score (nSPS) is 10.9. The highest BCUT2D eigenvalue weighted by Gasteiger charge is 2.03. The van der Waals surface area contributed by atoms with Gasteiger partial charge in [0.2, 0.25) is 5.91 Å². The number of carbonyl (C=O) groups is 1. The van der Waals surface area contributed by atoms with Gasteiger partial charge in [-0.15, -0.1) is 0 Å². The van der Waals surface area contributed by atoms with Crippen LogP contribution in [0.1, 0.15) is 29.7 Å². The Bertz CT molecular complexity index is 983. The van der Waals surface area contributed by atoms with Crippen LogP contribution in [-0.4, -0.2) is 18.7 Å². The summed E-state index contributed by atoms with van der Waals surface area (Å²) in [4.78, 5) is 11.9. The molecule has 1 amide bonds. The molecule has 0 aliphatic heterocycles. The fourth-order valence-electron chi connectivity index (χ4n) is 2.68. The van der Waals surface area contributed by atoms with Gasteiger partial charge in [-0.25, -0.2) is 9.82 Å². The topological polar surface area (TPSA) is 75.9 Å². The lowest BCUT2D eigenvalue weighted by atomic mass is 10.2. The third kappa shape index (κ3) is 7.09. The minimum Gasteiger partial charge on any atom is -0.460 e. The van der Waals surface area contributed by atoms with Gasteiger partial charge < -0.3 is 14.5 Å². The van der Waals surface area contributed by atoms with Crippen molar-refractivity contribution in [2.45, 2.75) is 26.4 Å². The van der Waals surface area contributed by atoms with Crippen molar-refractivity contribution < 1.29 is 18.3 Å². The molecule has 0 fully saturated rings. The zero-order chi connectivity index (χ0) is 21.2. The van der Waals surface area contributed by atoms with Crippen LogP contribution < -0.4 is 15.5 Å². The Balaban J connectivity index is 1.33. The summed E-state index contributed by atoms with van der Waals surface area (Å²) in [6, 6.07) is 17.5. The molecule has 0 unspecified atom stereocenters. The fraction of sp³-hybridized carbons (Fsp3) is 0.217. The van der Waals surface area contributed by atoms with E-state index in [9.17, 15) is 9.18 Å². The van der Waals surface area contributed by atoms with Crippen molar-refractivity contribution in [2.24, 2.45) is 5.10 Å². The van der Waals surface area contributed by atoms with E-state index in [2.05, 4.69) is 21.9 Å². The van der Waals surface area contributed by atoms with E-state index in [4.69, 9.17) is 9.15 Å². The molecule has 0 saturated carbocycles. The van der Waals surface area contributed by atoms with Gasteiger partial charge in [-0.3, -0.25) is 4.79 Å². The van der Waals surface area contributed by atoms with Crippen molar-refractivity contribution in [3.05, 3.63) is 83.4 Å². The lowest BCUT2D eigenvalue weighted by Gasteiger charge is -2.06. The molecule has 156 valence electrons. The number of hydrogen-bond donors (Lipinski definition) is 2. The lowest BCUT2D eigenvalue weighted by molar-refractivity contribution is -0.121. The molecule has 3 rings (SSSR count). The number of amides is 1. The third-order valence-electron chi connectivity index (χ3n) is 4.21. The Morgan fingerprint density at radius 1 is 1.17 bits per heavy atom. The van der Waals surface area contributed by atoms with Gasteiger partial charge in [0, 0.05) is 24.7 Å². The molecule has 0 saturated heterocycles. The van der Waals surface area contributed by atoms with Crippen molar-refractivity contribution in [3.8, 4) is 5.95 Å². The molecule has 0 radical (unpaired) electrons. The highest BCUT2D eigenvalue weighted by Crippen LogP contribution is 2.16. The molecule has 30 heavy (non-hydrogen) atoms. The zero-order valence-corrected chi connectivity index (χ0v) is 16.7. The number of benzene rings is 2. The summed E-state index contributed by atoms with van der Waals surface area (Å²) in [5, 5.41) is 7.18. The number of hydrogen-bond acceptors (Lipinski definition) is 5. The Morgan fingerprint density at radius 2 is 2.00 bits per heavy atom. The second-order valence-corrected chi connectivity index (χ2v) is 6.76. The second-order valence-electron chi connectivity index (χ2n) is 6.76. The second kappa shape index (κ2) is 10.8. The molecule has 0 aliphatic rings. The van der Waals surface area contributed by atoms with E-state index in [0.717, 1.165) is 11.3 Å². The first-order chi connectivity index (χ1) is 14.6. The van der Waals surface area contributed by atoms with Crippen molar-refractivity contribution >= 4 is 17.8 Å². The number of nitrogens with zero attached hydrogens (tertiary/aromatic N) is 1. The average Bonchev–Trinajstić information content (AvgIpc) is 3.19. The molecule has 0 atom stereocenters. The van der Waals surface area contributed by atoms with Crippen LogP contribution in [-0.2, 0) is 11.4 Å². The number of furan rings is 1. The molecule has 6 nitrogen and oxygen atoms in total. The minimum atomic E-state index is -0.292. The number of halogens is 1. The van der Waals surface area contributed by atoms with Gasteiger partial charge in [-0.2, -0.15) is 5.10 Å². The van der Waals surface area contributed by atoms with E-state index >= 15 is 0 Å². The Kier molecular flexibility index (Phi) is 7.60. The van der Waals surface area contributed by atoms with Gasteiger partial charge in [0.15, 0.2) is 5.76 Å². The molecule has 0 bridgehead atoms. The summed E-state index contributed by atoms with van der Waals surface area (Å²) in [6.45, 7) is 3.00. The molecular weight excluding hydrogens is 385 g/mol. The number of hydrazone groups is 1. The van der Waals surface area contributed by atoms with Gasteiger partial charge in [0.1, 0.15) is 12.4 Å². The quantitative estimate of drug-likeness (QED) is 0.290. The summed E-state index contributed by atoms with van der Waals surface area (Å²) in [7, 11) is 0. The van der Waals surface area contributed by atoms with Gasteiger partial charge in [-0.05, 0) is 54.8 Å². The summed E-state index contributed by atoms with van der Waals surface area (Å²) < 4.78 is 23.9. The summed E-state index contributed by atoms with van der Waals surface area (Å²) in [5.74, 6) is 0.302. The Labute approximate surface area is 174 Å². The van der Waals surface area contributed by atoms with Gasteiger partial charge >= 0.3 is 0 Å². The maximum atomic E-state index is 12.9. The largest absolute Gasteiger partial charge is 0.460 e. The predicted molar refractivity (Wildman–Crippen MR) is 114 cm³/mol. The number of aryl methyl sites for hydroxylation is 1. The number of anilines is 1. The van der Waals surface area contributed by atoms with Crippen molar-refractivity contribution in [2.75, 3.05) is 11.9 Å². The van der Waals surface area contributed by atoms with Crippen molar-refractivity contribution in [1.82, 2.24) is 5.43 Å². The third-order valence-corrected chi connectivity index (χ3v) is 4.21. The fourth-order valence-corrected chi connectivity index (χ4v) is 2.68. The van der Waals surface area contributed by atoms with Crippen molar-refractivity contribution in [3.63, 3.8) is 0 Å². The number of ether oxygens (including phenoxy) is 1. The zero-order valence-electron chi connectivity index (χ0n) is 16.7. The molecule has 0 aliphatic carbocycles. The summed E-state index contributed by atoms with van der Waals surface area (Å²) in [6.07, 6.45) is 2.46. The van der Waals surface area contributed by atoms with Crippen LogP contribution in [0.25, 0.3) is 0 Å². The van der Waals surface area contributed by atoms with E-state index < -0.39 is 0 Å². The Hall–Kier alpha value is -3.61. The highest BCUT2D eigenvalue weighted by atomic mass is 19.1. The average molecular weight is 409 g/mol. The molecule has 1 aromatic heterocycles. The Morgan fingerprint density at radius 3 is 2.80 bits per heavy atom. The van der Waals surface area contributed by atoms with Crippen LogP contribution in [0.4, 0.5) is 10.1 Å². The van der Waals surface area contributed by atoms with E-state index in [1.807, 2.05) is 25.1 Å². The number of rotatable bonds is 10. The molecule has 7 heteroatoms. The van der Waals surface area contributed by atoms with Crippen molar-refractivity contribution in [1.29, 1.82) is 0 Å². The highest BCUT2D eigenvalue weighted by molar-refractivity contribution is 5.80. The summed E-state index contributed by atoms with van der Waals surface area (Å²) >= 11 is 0. The van der Waals surface area contributed by atoms with E-state index in [-0.39, 0.29) is 18.3 Å². The van der Waals surface area contributed by atoms with Gasteiger partial charge in [0.05, 0.1) is 6.21 Å². The van der Waals surface area contributed by atoms with Crippen LogP contribution in [0, 0.1) is 12.7 Å². The van der Waals surface area contributed by atoms with E-state index in [1.54, 1.807) is 24.3 Å². The first kappa shape index (κ1) is 21.1. The summed E-state index contributed by atoms with van der Waals surface area (Å²) in [5.41, 5.74) is 5.54. The molecular formula is C23H24FN3O3. The standard InChI is InChI=1S/C23H24FN3O3/c1-17-4-2-5-20(14-17)25-13-3-6-22(28)27-26-15-21-11-12-23(30-21)29-16-18-7-9-19(24)10-8-18/h2,4-5,7-12,14-15,25H,3,6,13,16H2,1H3,(H,27,28)/b26-15+. The minimum absolute atomic E-state index is 0.170. The first-order valence-electron chi connectivity index (χ1n) is 9.68. The lowest BCUT2D eigenvalue weighted by Crippen LogP contribution is -2.18. The molecule has 3 aromatic rings. The monoisotopic (exact) mass is 409 g/mol. The predicted octanol–water partition coefficient (Wildman–Crippen LogP) is 4.65.